The molecule has 1 aliphatic heterocycles. The maximum atomic E-state index is 11.1. The SMILES string of the molecule is C=CCOC(=O)NCC1(O)CN(C(=C)C)C1. The van der Waals surface area contributed by atoms with E-state index in [-0.39, 0.29) is 13.2 Å². The summed E-state index contributed by atoms with van der Waals surface area (Å²) in [4.78, 5) is 13.0. The van der Waals surface area contributed by atoms with Crippen molar-refractivity contribution in [1.29, 1.82) is 0 Å². The van der Waals surface area contributed by atoms with Gasteiger partial charge in [0.15, 0.2) is 0 Å². The summed E-state index contributed by atoms with van der Waals surface area (Å²) in [5.41, 5.74) is 0.0468. The molecule has 0 saturated carbocycles. The summed E-state index contributed by atoms with van der Waals surface area (Å²) in [5.74, 6) is 0. The zero-order chi connectivity index (χ0) is 12.2. The van der Waals surface area contributed by atoms with Crippen molar-refractivity contribution in [1.82, 2.24) is 10.2 Å². The van der Waals surface area contributed by atoms with E-state index >= 15 is 0 Å². The number of β-amino-alcohol motifs (C(OH)–C–C–N with tert-alkyl or cyclic N) is 1. The van der Waals surface area contributed by atoms with Crippen molar-refractivity contribution in [2.45, 2.75) is 12.5 Å². The highest BCUT2D eigenvalue weighted by atomic mass is 16.5. The quantitative estimate of drug-likeness (QED) is 0.669. The summed E-state index contributed by atoms with van der Waals surface area (Å²) in [6.07, 6.45) is 0.947. The summed E-state index contributed by atoms with van der Waals surface area (Å²) in [7, 11) is 0. The van der Waals surface area contributed by atoms with Gasteiger partial charge in [-0.05, 0) is 6.92 Å². The van der Waals surface area contributed by atoms with E-state index in [4.69, 9.17) is 4.74 Å². The van der Waals surface area contributed by atoms with Crippen LogP contribution in [0.5, 0.6) is 0 Å². The van der Waals surface area contributed by atoms with Crippen LogP contribution in [0.25, 0.3) is 0 Å². The summed E-state index contributed by atoms with van der Waals surface area (Å²) in [6, 6.07) is 0. The number of nitrogens with one attached hydrogen (secondary N) is 1. The maximum absolute atomic E-state index is 11.1. The first-order valence-corrected chi connectivity index (χ1v) is 5.11. The van der Waals surface area contributed by atoms with Gasteiger partial charge in [0.05, 0.1) is 6.54 Å². The standard InChI is InChI=1S/C11H18N2O3/c1-4-5-16-10(14)12-6-11(15)7-13(8-11)9(2)3/h4,15H,1-2,5-8H2,3H3,(H,12,14). The first kappa shape index (κ1) is 12.6. The number of alkyl carbamates (subject to hydrolysis) is 1. The predicted molar refractivity (Wildman–Crippen MR) is 60.9 cm³/mol. The van der Waals surface area contributed by atoms with Crippen molar-refractivity contribution in [2.75, 3.05) is 26.2 Å². The third kappa shape index (κ3) is 3.27. The summed E-state index contributed by atoms with van der Waals surface area (Å²) in [6.45, 7) is 10.4. The average Bonchev–Trinajstić information content (AvgIpc) is 2.19. The first-order chi connectivity index (χ1) is 7.47. The van der Waals surface area contributed by atoms with Crippen LogP contribution in [0, 0.1) is 0 Å². The van der Waals surface area contributed by atoms with Crippen LogP contribution in [0.4, 0.5) is 4.79 Å². The molecule has 1 rings (SSSR count). The fourth-order valence-electron chi connectivity index (χ4n) is 1.47. The Labute approximate surface area is 95.4 Å². The molecule has 0 bridgehead atoms. The van der Waals surface area contributed by atoms with Gasteiger partial charge in [-0.15, -0.1) is 0 Å². The molecule has 0 unspecified atom stereocenters. The summed E-state index contributed by atoms with van der Waals surface area (Å²) in [5, 5.41) is 12.4. The molecule has 1 fully saturated rings. The number of ether oxygens (including phenoxy) is 1. The van der Waals surface area contributed by atoms with Gasteiger partial charge >= 0.3 is 6.09 Å². The Morgan fingerprint density at radius 1 is 1.69 bits per heavy atom. The van der Waals surface area contributed by atoms with Crippen molar-refractivity contribution in [3.8, 4) is 0 Å². The molecular formula is C11H18N2O3. The van der Waals surface area contributed by atoms with E-state index in [1.807, 2.05) is 11.8 Å². The number of aliphatic hydroxyl groups is 1. The van der Waals surface area contributed by atoms with E-state index in [1.54, 1.807) is 0 Å². The van der Waals surface area contributed by atoms with Crippen LogP contribution in [0.2, 0.25) is 0 Å². The molecule has 1 heterocycles. The van der Waals surface area contributed by atoms with E-state index in [9.17, 15) is 9.90 Å². The van der Waals surface area contributed by atoms with Crippen LogP contribution in [0.1, 0.15) is 6.92 Å². The Bertz CT molecular complexity index is 296. The van der Waals surface area contributed by atoms with Gasteiger partial charge in [0.1, 0.15) is 12.2 Å². The minimum Gasteiger partial charge on any atom is -0.445 e. The summed E-state index contributed by atoms with van der Waals surface area (Å²) < 4.78 is 4.72. The Morgan fingerprint density at radius 3 is 2.81 bits per heavy atom. The van der Waals surface area contributed by atoms with E-state index < -0.39 is 11.7 Å². The predicted octanol–water partition coefficient (Wildman–Crippen LogP) is 0.479. The van der Waals surface area contributed by atoms with Crippen LogP contribution in [-0.4, -0.2) is 47.9 Å². The number of likely N-dealkylation sites (tertiary alicyclic amines) is 1. The number of carbonyl (C=O) groups is 1. The van der Waals surface area contributed by atoms with Gasteiger partial charge in [-0.3, -0.25) is 0 Å². The minimum atomic E-state index is -0.869. The van der Waals surface area contributed by atoms with Crippen LogP contribution in [0.15, 0.2) is 24.9 Å². The molecule has 0 atom stereocenters. The zero-order valence-corrected chi connectivity index (χ0v) is 9.53. The van der Waals surface area contributed by atoms with Crippen molar-refractivity contribution in [3.63, 3.8) is 0 Å². The van der Waals surface area contributed by atoms with Gasteiger partial charge in [0.2, 0.25) is 0 Å². The molecule has 0 aromatic heterocycles. The third-order valence-electron chi connectivity index (χ3n) is 2.40. The van der Waals surface area contributed by atoms with E-state index in [0.717, 1.165) is 5.70 Å². The van der Waals surface area contributed by atoms with Gasteiger partial charge in [-0.2, -0.15) is 0 Å². The van der Waals surface area contributed by atoms with E-state index in [1.165, 1.54) is 6.08 Å². The second-order valence-electron chi connectivity index (χ2n) is 4.06. The number of allylic oxidation sites excluding steroid dienone is 1. The van der Waals surface area contributed by atoms with Crippen molar-refractivity contribution in [2.24, 2.45) is 0 Å². The number of hydrogen-bond donors (Lipinski definition) is 2. The monoisotopic (exact) mass is 226 g/mol. The number of nitrogens with zero attached hydrogens (tertiary/aromatic N) is 1. The Morgan fingerprint density at radius 2 is 2.31 bits per heavy atom. The lowest BCUT2D eigenvalue weighted by Gasteiger charge is -2.47. The average molecular weight is 226 g/mol. The molecule has 0 spiro atoms. The molecule has 0 aromatic carbocycles. The topological polar surface area (TPSA) is 61.8 Å². The molecule has 1 amide bonds. The van der Waals surface area contributed by atoms with Crippen LogP contribution in [-0.2, 0) is 4.74 Å². The van der Waals surface area contributed by atoms with Gasteiger partial charge in [0.25, 0.3) is 0 Å². The molecule has 0 aromatic rings. The number of hydrogen-bond acceptors (Lipinski definition) is 4. The van der Waals surface area contributed by atoms with Gasteiger partial charge in [-0.25, -0.2) is 4.79 Å². The normalized spacial score (nSPS) is 17.2. The lowest BCUT2D eigenvalue weighted by Crippen LogP contribution is -2.65. The van der Waals surface area contributed by atoms with Gasteiger partial charge in [0, 0.05) is 18.8 Å². The molecule has 2 N–H and O–H groups in total. The lowest BCUT2D eigenvalue weighted by atomic mass is 9.94. The number of carbonyl (C=O) groups excluding carboxylic acids is 1. The van der Waals surface area contributed by atoms with Crippen LogP contribution < -0.4 is 5.32 Å². The molecule has 0 radical (unpaired) electrons. The Kier molecular flexibility index (Phi) is 3.95. The molecule has 1 aliphatic rings. The highest BCUT2D eigenvalue weighted by Gasteiger charge is 2.41. The molecular weight excluding hydrogens is 208 g/mol. The Hall–Kier alpha value is -1.49. The van der Waals surface area contributed by atoms with Gasteiger partial charge in [-0.1, -0.05) is 19.2 Å². The fraction of sp³-hybridized carbons (Fsp3) is 0.545. The second kappa shape index (κ2) is 5.03. The van der Waals surface area contributed by atoms with Crippen LogP contribution >= 0.6 is 0 Å². The molecule has 1 saturated heterocycles. The highest BCUT2D eigenvalue weighted by Crippen LogP contribution is 2.23. The summed E-state index contributed by atoms with van der Waals surface area (Å²) >= 11 is 0. The Balaban J connectivity index is 2.21. The lowest BCUT2D eigenvalue weighted by molar-refractivity contribution is -0.0782. The van der Waals surface area contributed by atoms with Gasteiger partial charge < -0.3 is 20.1 Å². The number of amides is 1. The van der Waals surface area contributed by atoms with Crippen molar-refractivity contribution in [3.05, 3.63) is 24.9 Å². The zero-order valence-electron chi connectivity index (χ0n) is 9.53. The second-order valence-corrected chi connectivity index (χ2v) is 4.06. The molecule has 90 valence electrons. The molecule has 0 aliphatic carbocycles. The van der Waals surface area contributed by atoms with E-state index in [2.05, 4.69) is 18.5 Å². The fourth-order valence-corrected chi connectivity index (χ4v) is 1.47. The maximum Gasteiger partial charge on any atom is 0.407 e. The molecule has 5 heteroatoms. The van der Waals surface area contributed by atoms with Crippen LogP contribution in [0.3, 0.4) is 0 Å². The largest absolute Gasteiger partial charge is 0.445 e. The first-order valence-electron chi connectivity index (χ1n) is 5.11. The smallest absolute Gasteiger partial charge is 0.407 e. The van der Waals surface area contributed by atoms with Crippen molar-refractivity contribution >= 4 is 6.09 Å². The highest BCUT2D eigenvalue weighted by molar-refractivity contribution is 5.67. The van der Waals surface area contributed by atoms with Crippen molar-refractivity contribution < 1.29 is 14.6 Å². The van der Waals surface area contributed by atoms with E-state index in [0.29, 0.717) is 13.1 Å². The number of rotatable bonds is 5. The molecule has 16 heavy (non-hydrogen) atoms. The minimum absolute atomic E-state index is 0.169. The third-order valence-corrected chi connectivity index (χ3v) is 2.40. The molecule has 5 nitrogen and oxygen atoms in total.